The van der Waals surface area contributed by atoms with E-state index in [0.29, 0.717) is 5.41 Å². The van der Waals surface area contributed by atoms with E-state index in [4.69, 9.17) is 9.47 Å². The number of benzene rings is 1. The van der Waals surface area contributed by atoms with Crippen molar-refractivity contribution in [1.82, 2.24) is 5.32 Å². The predicted molar refractivity (Wildman–Crippen MR) is 86.8 cm³/mol. The number of hydrogen-bond donors (Lipinski definition) is 1. The summed E-state index contributed by atoms with van der Waals surface area (Å²) in [5.74, 6) is 0.983. The van der Waals surface area contributed by atoms with Gasteiger partial charge in [-0.3, -0.25) is 0 Å². The molecule has 0 radical (unpaired) electrons. The Morgan fingerprint density at radius 3 is 2.57 bits per heavy atom. The maximum Gasteiger partial charge on any atom is 0.119 e. The van der Waals surface area contributed by atoms with Crippen LogP contribution < -0.4 is 10.1 Å². The first kappa shape index (κ1) is 16.3. The molecule has 0 spiro atoms. The molecule has 3 heteroatoms. The fraction of sp³-hybridized carbons (Fsp3) is 0.667. The van der Waals surface area contributed by atoms with Crippen molar-refractivity contribution in [2.75, 3.05) is 33.4 Å². The van der Waals surface area contributed by atoms with Gasteiger partial charge in [0.25, 0.3) is 0 Å². The molecule has 1 fully saturated rings. The maximum atomic E-state index is 5.81. The molecule has 118 valence electrons. The highest BCUT2D eigenvalue weighted by molar-refractivity contribution is 5.20. The van der Waals surface area contributed by atoms with Crippen molar-refractivity contribution < 1.29 is 9.47 Å². The van der Waals surface area contributed by atoms with E-state index in [9.17, 15) is 0 Å². The van der Waals surface area contributed by atoms with Gasteiger partial charge in [-0.05, 0) is 43.2 Å². The van der Waals surface area contributed by atoms with Crippen LogP contribution in [0.25, 0.3) is 0 Å². The molecule has 0 aromatic heterocycles. The van der Waals surface area contributed by atoms with Crippen LogP contribution in [0.4, 0.5) is 0 Å². The molecule has 0 bridgehead atoms. The Balaban J connectivity index is 1.67. The largest absolute Gasteiger partial charge is 0.494 e. The summed E-state index contributed by atoms with van der Waals surface area (Å²) in [6.45, 7) is 3.71. The number of hydrogen-bond acceptors (Lipinski definition) is 3. The summed E-state index contributed by atoms with van der Waals surface area (Å²) in [6, 6.07) is 10.1. The van der Waals surface area contributed by atoms with Crippen molar-refractivity contribution in [1.29, 1.82) is 0 Å². The summed E-state index contributed by atoms with van der Waals surface area (Å²) in [5.41, 5.74) is 0.494. The lowest BCUT2D eigenvalue weighted by Crippen LogP contribution is -2.34. The van der Waals surface area contributed by atoms with E-state index < -0.39 is 0 Å². The molecule has 3 nitrogen and oxygen atoms in total. The SMILES string of the molecule is COCCNCC1(CCCOc2ccccc2)CCCC1. The van der Waals surface area contributed by atoms with Crippen molar-refractivity contribution >= 4 is 0 Å². The van der Waals surface area contributed by atoms with Crippen molar-refractivity contribution in [3.05, 3.63) is 30.3 Å². The molecular weight excluding hydrogens is 262 g/mol. The molecule has 1 aliphatic carbocycles. The fourth-order valence-electron chi connectivity index (χ4n) is 3.32. The van der Waals surface area contributed by atoms with Crippen LogP contribution in [0.2, 0.25) is 0 Å². The Kier molecular flexibility index (Phi) is 7.04. The van der Waals surface area contributed by atoms with Crippen LogP contribution in [0.15, 0.2) is 30.3 Å². The second kappa shape index (κ2) is 9.06. The Hall–Kier alpha value is -1.06. The molecule has 1 aromatic carbocycles. The lowest BCUT2D eigenvalue weighted by Gasteiger charge is -2.29. The van der Waals surface area contributed by atoms with E-state index in [2.05, 4.69) is 5.32 Å². The van der Waals surface area contributed by atoms with Crippen LogP contribution >= 0.6 is 0 Å². The summed E-state index contributed by atoms with van der Waals surface area (Å²) in [6.07, 6.45) is 7.88. The van der Waals surface area contributed by atoms with Crippen LogP contribution in [0.1, 0.15) is 38.5 Å². The van der Waals surface area contributed by atoms with Gasteiger partial charge >= 0.3 is 0 Å². The molecule has 1 aliphatic rings. The van der Waals surface area contributed by atoms with E-state index in [1.807, 2.05) is 30.3 Å². The number of nitrogens with one attached hydrogen (secondary N) is 1. The summed E-state index contributed by atoms with van der Waals surface area (Å²) in [4.78, 5) is 0. The molecule has 1 saturated carbocycles. The third-order valence-corrected chi connectivity index (χ3v) is 4.51. The Labute approximate surface area is 129 Å². The predicted octanol–water partition coefficient (Wildman–Crippen LogP) is 3.64. The molecule has 1 N–H and O–H groups in total. The Bertz CT molecular complexity index is 374. The minimum Gasteiger partial charge on any atom is -0.494 e. The van der Waals surface area contributed by atoms with Gasteiger partial charge in [-0.2, -0.15) is 0 Å². The second-order valence-corrected chi connectivity index (χ2v) is 6.14. The highest BCUT2D eigenvalue weighted by Gasteiger charge is 2.32. The van der Waals surface area contributed by atoms with Gasteiger partial charge in [0.1, 0.15) is 5.75 Å². The molecule has 1 aromatic rings. The monoisotopic (exact) mass is 291 g/mol. The normalized spacial score (nSPS) is 17.0. The zero-order valence-corrected chi connectivity index (χ0v) is 13.3. The molecule has 0 amide bonds. The van der Waals surface area contributed by atoms with Crippen molar-refractivity contribution in [2.45, 2.75) is 38.5 Å². The van der Waals surface area contributed by atoms with Gasteiger partial charge in [0.2, 0.25) is 0 Å². The molecule has 0 atom stereocenters. The quantitative estimate of drug-likeness (QED) is 0.668. The van der Waals surface area contributed by atoms with Gasteiger partial charge in [0, 0.05) is 20.2 Å². The van der Waals surface area contributed by atoms with E-state index >= 15 is 0 Å². The van der Waals surface area contributed by atoms with Crippen LogP contribution in [-0.4, -0.2) is 33.4 Å². The number of methoxy groups -OCH3 is 1. The van der Waals surface area contributed by atoms with Crippen LogP contribution in [0.3, 0.4) is 0 Å². The van der Waals surface area contributed by atoms with E-state index in [-0.39, 0.29) is 0 Å². The van der Waals surface area contributed by atoms with E-state index in [1.165, 1.54) is 32.1 Å². The van der Waals surface area contributed by atoms with Crippen molar-refractivity contribution in [2.24, 2.45) is 5.41 Å². The van der Waals surface area contributed by atoms with Crippen LogP contribution in [-0.2, 0) is 4.74 Å². The third kappa shape index (κ3) is 5.68. The summed E-state index contributed by atoms with van der Waals surface area (Å²) < 4.78 is 10.9. The second-order valence-electron chi connectivity index (χ2n) is 6.14. The molecule has 21 heavy (non-hydrogen) atoms. The third-order valence-electron chi connectivity index (χ3n) is 4.51. The van der Waals surface area contributed by atoms with Crippen LogP contribution in [0.5, 0.6) is 5.75 Å². The van der Waals surface area contributed by atoms with Gasteiger partial charge in [0.15, 0.2) is 0 Å². The fourth-order valence-corrected chi connectivity index (χ4v) is 3.32. The average molecular weight is 291 g/mol. The van der Waals surface area contributed by atoms with Gasteiger partial charge in [-0.1, -0.05) is 31.0 Å². The summed E-state index contributed by atoms with van der Waals surface area (Å²) in [5, 5.41) is 3.56. The van der Waals surface area contributed by atoms with Crippen molar-refractivity contribution in [3.8, 4) is 5.75 Å². The number of para-hydroxylation sites is 1. The average Bonchev–Trinajstić information content (AvgIpc) is 2.99. The summed E-state index contributed by atoms with van der Waals surface area (Å²) in [7, 11) is 1.76. The first-order valence-corrected chi connectivity index (χ1v) is 8.22. The van der Waals surface area contributed by atoms with Crippen LogP contribution in [0, 0.1) is 5.41 Å². The Morgan fingerprint density at radius 2 is 1.86 bits per heavy atom. The minimum absolute atomic E-state index is 0.494. The zero-order valence-electron chi connectivity index (χ0n) is 13.3. The van der Waals surface area contributed by atoms with E-state index in [0.717, 1.165) is 38.5 Å². The van der Waals surface area contributed by atoms with Crippen molar-refractivity contribution in [3.63, 3.8) is 0 Å². The first-order valence-electron chi connectivity index (χ1n) is 8.22. The summed E-state index contributed by atoms with van der Waals surface area (Å²) >= 11 is 0. The van der Waals surface area contributed by atoms with Gasteiger partial charge in [-0.25, -0.2) is 0 Å². The standard InChI is InChI=1S/C18H29NO2/c1-20-15-13-19-16-18(10-5-6-11-18)12-7-14-21-17-8-3-2-4-9-17/h2-4,8-9,19H,5-7,10-16H2,1H3. The van der Waals surface area contributed by atoms with Gasteiger partial charge in [0.05, 0.1) is 13.2 Å². The molecule has 0 aliphatic heterocycles. The molecule has 0 heterocycles. The highest BCUT2D eigenvalue weighted by Crippen LogP contribution is 2.41. The molecular formula is C18H29NO2. The number of ether oxygens (including phenoxy) is 2. The van der Waals surface area contributed by atoms with Gasteiger partial charge in [-0.15, -0.1) is 0 Å². The smallest absolute Gasteiger partial charge is 0.119 e. The molecule has 0 unspecified atom stereocenters. The first-order chi connectivity index (χ1) is 10.3. The number of rotatable bonds is 10. The lowest BCUT2D eigenvalue weighted by molar-refractivity contribution is 0.182. The lowest BCUT2D eigenvalue weighted by atomic mass is 9.81. The van der Waals surface area contributed by atoms with E-state index in [1.54, 1.807) is 7.11 Å². The zero-order chi connectivity index (χ0) is 14.8. The topological polar surface area (TPSA) is 30.5 Å². The molecule has 2 rings (SSSR count). The minimum atomic E-state index is 0.494. The maximum absolute atomic E-state index is 5.81. The Morgan fingerprint density at radius 1 is 1.10 bits per heavy atom. The van der Waals surface area contributed by atoms with Gasteiger partial charge < -0.3 is 14.8 Å². The highest BCUT2D eigenvalue weighted by atomic mass is 16.5. The molecule has 0 saturated heterocycles.